The number of halogens is 2. The van der Waals surface area contributed by atoms with Gasteiger partial charge in [0.1, 0.15) is 11.6 Å². The van der Waals surface area contributed by atoms with Crippen molar-refractivity contribution >= 4 is 11.6 Å². The molecule has 3 atom stereocenters. The van der Waals surface area contributed by atoms with Crippen molar-refractivity contribution in [2.24, 2.45) is 16.3 Å². The summed E-state index contributed by atoms with van der Waals surface area (Å²) in [6.07, 6.45) is 5.35. The second-order valence-corrected chi connectivity index (χ2v) is 8.57. The Labute approximate surface area is 164 Å². The zero-order valence-corrected chi connectivity index (χ0v) is 16.3. The summed E-state index contributed by atoms with van der Waals surface area (Å²) in [5, 5.41) is 3.76. The van der Waals surface area contributed by atoms with Gasteiger partial charge in [0.2, 0.25) is 0 Å². The molecular weight excluding hydrogens is 362 g/mol. The molecule has 2 heterocycles. The number of ether oxygens (including phenoxy) is 1. The van der Waals surface area contributed by atoms with Crippen LogP contribution in [0.5, 0.6) is 0 Å². The molecule has 0 radical (unpaired) electrons. The van der Waals surface area contributed by atoms with E-state index in [9.17, 15) is 8.78 Å². The van der Waals surface area contributed by atoms with Crippen molar-refractivity contribution in [2.45, 2.75) is 37.8 Å². The Kier molecular flexibility index (Phi) is 4.45. The van der Waals surface area contributed by atoms with Crippen molar-refractivity contribution in [1.29, 1.82) is 0 Å². The molecule has 0 bridgehead atoms. The van der Waals surface area contributed by atoms with Crippen LogP contribution in [-0.4, -0.2) is 62.8 Å². The number of rotatable bonds is 2. The Morgan fingerprint density at radius 1 is 1.21 bits per heavy atom. The smallest absolute Gasteiger partial charge is 0.194 e. The van der Waals surface area contributed by atoms with Crippen LogP contribution in [0.3, 0.4) is 0 Å². The van der Waals surface area contributed by atoms with E-state index in [1.165, 1.54) is 31.4 Å². The maximum absolute atomic E-state index is 14.1. The number of piperazine rings is 1. The summed E-state index contributed by atoms with van der Waals surface area (Å²) in [6, 6.07) is 4.10. The highest BCUT2D eigenvalue weighted by molar-refractivity contribution is 5.81. The lowest BCUT2D eigenvalue weighted by molar-refractivity contribution is -0.171. The second-order valence-electron chi connectivity index (χ2n) is 8.57. The Bertz CT molecular complexity index is 774. The van der Waals surface area contributed by atoms with Crippen LogP contribution < -0.4 is 10.2 Å². The number of hydrogen-bond donors (Lipinski definition) is 1. The van der Waals surface area contributed by atoms with Gasteiger partial charge in [-0.05, 0) is 31.4 Å². The molecule has 2 aliphatic heterocycles. The molecule has 1 N–H and O–H groups in total. The third-order valence-corrected chi connectivity index (χ3v) is 7.36. The van der Waals surface area contributed by atoms with Crippen LogP contribution in [0.2, 0.25) is 0 Å². The van der Waals surface area contributed by atoms with Gasteiger partial charge in [0, 0.05) is 63.3 Å². The summed E-state index contributed by atoms with van der Waals surface area (Å²) in [6.45, 7) is 3.64. The highest BCUT2D eigenvalue weighted by Gasteiger charge is 2.66. The fourth-order valence-electron chi connectivity index (χ4n) is 5.78. The van der Waals surface area contributed by atoms with Gasteiger partial charge >= 0.3 is 0 Å². The molecule has 0 aromatic heterocycles. The third-order valence-electron chi connectivity index (χ3n) is 7.36. The minimum Gasteiger partial charge on any atom is -0.377 e. The first kappa shape index (κ1) is 18.2. The predicted molar refractivity (Wildman–Crippen MR) is 105 cm³/mol. The molecule has 4 fully saturated rings. The van der Waals surface area contributed by atoms with E-state index in [1.54, 1.807) is 0 Å². The number of nitrogens with zero attached hydrogens (tertiary/aromatic N) is 3. The van der Waals surface area contributed by atoms with Crippen molar-refractivity contribution < 1.29 is 13.5 Å². The predicted octanol–water partition coefficient (Wildman–Crippen LogP) is 2.62. The molecule has 1 aromatic carbocycles. The molecule has 3 unspecified atom stereocenters. The van der Waals surface area contributed by atoms with Gasteiger partial charge in [-0.15, -0.1) is 0 Å². The number of hydrogen-bond acceptors (Lipinski definition) is 3. The van der Waals surface area contributed by atoms with Crippen molar-refractivity contribution in [3.05, 3.63) is 29.8 Å². The molecule has 7 heteroatoms. The zero-order chi connectivity index (χ0) is 19.3. The summed E-state index contributed by atoms with van der Waals surface area (Å²) >= 11 is 0. The number of fused-ring (bicyclic) bond motifs is 2. The first-order valence-electron chi connectivity index (χ1n) is 10.4. The number of guanidine groups is 1. The van der Waals surface area contributed by atoms with E-state index in [1.807, 2.05) is 11.9 Å². The van der Waals surface area contributed by atoms with Crippen LogP contribution in [0.1, 0.15) is 25.7 Å². The quantitative estimate of drug-likeness (QED) is 0.623. The van der Waals surface area contributed by atoms with Crippen LogP contribution in [0, 0.1) is 23.0 Å². The van der Waals surface area contributed by atoms with Gasteiger partial charge in [-0.3, -0.25) is 4.99 Å². The lowest BCUT2D eigenvalue weighted by atomic mass is 9.46. The van der Waals surface area contributed by atoms with E-state index in [0.717, 1.165) is 38.1 Å². The van der Waals surface area contributed by atoms with Crippen molar-refractivity contribution in [2.75, 3.05) is 44.7 Å². The summed E-state index contributed by atoms with van der Waals surface area (Å²) in [4.78, 5) is 8.69. The fourth-order valence-corrected chi connectivity index (χ4v) is 5.78. The van der Waals surface area contributed by atoms with Gasteiger partial charge in [-0.25, -0.2) is 8.78 Å². The Morgan fingerprint density at radius 2 is 2.00 bits per heavy atom. The summed E-state index contributed by atoms with van der Waals surface area (Å²) < 4.78 is 33.6. The maximum Gasteiger partial charge on any atom is 0.194 e. The second kappa shape index (κ2) is 6.87. The van der Waals surface area contributed by atoms with E-state index >= 15 is 0 Å². The summed E-state index contributed by atoms with van der Waals surface area (Å²) in [5.74, 6) is 0.757. The molecule has 28 heavy (non-hydrogen) atoms. The van der Waals surface area contributed by atoms with E-state index in [0.29, 0.717) is 42.3 Å². The first-order chi connectivity index (χ1) is 13.6. The average molecular weight is 390 g/mol. The minimum atomic E-state index is -0.402. The lowest BCUT2D eigenvalue weighted by Gasteiger charge is -2.63. The topological polar surface area (TPSA) is 40.1 Å². The molecule has 1 spiro atoms. The molecule has 0 amide bonds. The molecule has 152 valence electrons. The Hall–Kier alpha value is -1.89. The van der Waals surface area contributed by atoms with Crippen molar-refractivity contribution in [3.63, 3.8) is 0 Å². The fraction of sp³-hybridized carbons (Fsp3) is 0.667. The van der Waals surface area contributed by atoms with Crippen LogP contribution in [0.25, 0.3) is 0 Å². The normalized spacial score (nSPS) is 31.4. The first-order valence-corrected chi connectivity index (χ1v) is 10.4. The molecule has 5 nitrogen and oxygen atoms in total. The van der Waals surface area contributed by atoms with Gasteiger partial charge in [0.15, 0.2) is 5.96 Å². The average Bonchev–Trinajstić information content (AvgIpc) is 3.09. The van der Waals surface area contributed by atoms with Gasteiger partial charge < -0.3 is 19.9 Å². The van der Waals surface area contributed by atoms with Gasteiger partial charge in [-0.1, -0.05) is 6.42 Å². The molecule has 2 saturated carbocycles. The minimum absolute atomic E-state index is 0.309. The zero-order valence-electron chi connectivity index (χ0n) is 16.3. The van der Waals surface area contributed by atoms with Gasteiger partial charge in [0.05, 0.1) is 11.8 Å². The molecule has 5 rings (SSSR count). The van der Waals surface area contributed by atoms with Crippen LogP contribution >= 0.6 is 0 Å². The number of aliphatic imine (C=N–C) groups is 1. The molecule has 1 aromatic rings. The number of anilines is 1. The maximum atomic E-state index is 14.1. The Morgan fingerprint density at radius 3 is 2.68 bits per heavy atom. The van der Waals surface area contributed by atoms with E-state index in [2.05, 4.69) is 15.2 Å². The summed E-state index contributed by atoms with van der Waals surface area (Å²) in [7, 11) is 1.83. The van der Waals surface area contributed by atoms with Gasteiger partial charge in [0.25, 0.3) is 0 Å². The number of benzene rings is 1. The number of nitrogens with one attached hydrogen (secondary N) is 1. The van der Waals surface area contributed by atoms with Crippen LogP contribution in [0.4, 0.5) is 14.5 Å². The van der Waals surface area contributed by atoms with E-state index in [-0.39, 0.29) is 5.82 Å². The highest BCUT2D eigenvalue weighted by Crippen LogP contribution is 2.62. The van der Waals surface area contributed by atoms with E-state index < -0.39 is 5.82 Å². The summed E-state index contributed by atoms with van der Waals surface area (Å²) in [5.41, 5.74) is 0.657. The van der Waals surface area contributed by atoms with Crippen molar-refractivity contribution in [1.82, 2.24) is 10.2 Å². The SMILES string of the molecule is CN=C(NC1C2CCOC2C12CCC2)N1CCN(c2cc(F)ccc2F)CC1. The third kappa shape index (κ3) is 2.70. The standard InChI is InChI=1S/C21H28F2N4O/c1-24-20(25-18-15-5-12-28-19(15)21(18)6-2-7-21)27-10-8-26(9-11-27)17-13-14(22)3-4-16(17)23/h3-4,13,15,18-19H,2,5-12H2,1H3,(H,24,25). The van der Waals surface area contributed by atoms with E-state index in [4.69, 9.17) is 4.74 Å². The lowest BCUT2D eigenvalue weighted by Crippen LogP contribution is -2.73. The van der Waals surface area contributed by atoms with Crippen LogP contribution in [0.15, 0.2) is 23.2 Å². The highest BCUT2D eigenvalue weighted by atomic mass is 19.1. The molecule has 4 aliphatic rings. The molecular formula is C21H28F2N4O. The van der Waals surface area contributed by atoms with Crippen molar-refractivity contribution in [3.8, 4) is 0 Å². The monoisotopic (exact) mass is 390 g/mol. The van der Waals surface area contributed by atoms with Crippen LogP contribution in [-0.2, 0) is 4.74 Å². The van der Waals surface area contributed by atoms with Gasteiger partial charge in [-0.2, -0.15) is 0 Å². The largest absolute Gasteiger partial charge is 0.377 e. The molecule has 2 aliphatic carbocycles. The molecule has 2 saturated heterocycles. The Balaban J connectivity index is 1.24.